The average molecular weight is 399 g/mol. The third-order valence-corrected chi connectivity index (χ3v) is 7.25. The number of fused-ring (bicyclic) bond motifs is 1. The Labute approximate surface area is 164 Å². The van der Waals surface area contributed by atoms with E-state index in [1.54, 1.807) is 36.4 Å². The van der Waals surface area contributed by atoms with Crippen molar-refractivity contribution in [3.63, 3.8) is 0 Å². The van der Waals surface area contributed by atoms with Crippen LogP contribution in [0.3, 0.4) is 0 Å². The normalized spacial score (nSPS) is 16.6. The number of benzene rings is 2. The van der Waals surface area contributed by atoms with Gasteiger partial charge in [-0.15, -0.1) is 0 Å². The second-order valence-corrected chi connectivity index (χ2v) is 9.14. The fourth-order valence-electron chi connectivity index (χ4n) is 3.51. The number of hydrogen-bond acceptors (Lipinski definition) is 5. The molecule has 1 heterocycles. The fraction of sp³-hybridized carbons (Fsp3) is 0.286. The molecule has 0 radical (unpaired) electrons. The molecule has 0 unspecified atom stereocenters. The summed E-state index contributed by atoms with van der Waals surface area (Å²) < 4.78 is 36.0. The van der Waals surface area contributed by atoms with Gasteiger partial charge >= 0.3 is 0 Å². The van der Waals surface area contributed by atoms with Crippen LogP contribution in [0.2, 0.25) is 0 Å². The van der Waals surface area contributed by atoms with Crippen LogP contribution < -0.4 is 14.8 Å². The van der Waals surface area contributed by atoms with Crippen molar-refractivity contribution in [2.24, 2.45) is 0 Å². The molecular formula is C21H21NO5S. The van der Waals surface area contributed by atoms with Crippen molar-refractivity contribution in [3.8, 4) is 11.5 Å². The van der Waals surface area contributed by atoms with E-state index >= 15 is 0 Å². The SMILES string of the molecule is O=C(/C=C/c1ccc2c(c1)OCO2)Nc1cccc(S(=O)(=O)C2CCCC2)c1. The van der Waals surface area contributed by atoms with Crippen LogP contribution in [0.1, 0.15) is 31.2 Å². The predicted molar refractivity (Wildman–Crippen MR) is 106 cm³/mol. The third kappa shape index (κ3) is 3.89. The minimum Gasteiger partial charge on any atom is -0.454 e. The first-order valence-electron chi connectivity index (χ1n) is 9.25. The highest BCUT2D eigenvalue weighted by Gasteiger charge is 2.30. The minimum atomic E-state index is -3.35. The van der Waals surface area contributed by atoms with Crippen LogP contribution in [0.4, 0.5) is 5.69 Å². The lowest BCUT2D eigenvalue weighted by molar-refractivity contribution is -0.111. The summed E-state index contributed by atoms with van der Waals surface area (Å²) in [6, 6.07) is 11.9. The number of carbonyl (C=O) groups is 1. The van der Waals surface area contributed by atoms with Gasteiger partial charge in [-0.1, -0.05) is 25.0 Å². The molecule has 0 spiro atoms. The van der Waals surface area contributed by atoms with Crippen molar-refractivity contribution in [1.82, 2.24) is 0 Å². The largest absolute Gasteiger partial charge is 0.454 e. The molecular weight excluding hydrogens is 378 g/mol. The van der Waals surface area contributed by atoms with Crippen LogP contribution in [0.5, 0.6) is 11.5 Å². The Bertz CT molecular complexity index is 1020. The summed E-state index contributed by atoms with van der Waals surface area (Å²) in [6.07, 6.45) is 6.37. The van der Waals surface area contributed by atoms with Crippen LogP contribution in [0.15, 0.2) is 53.4 Å². The topological polar surface area (TPSA) is 81.7 Å². The molecule has 1 aliphatic heterocycles. The maximum Gasteiger partial charge on any atom is 0.248 e. The van der Waals surface area contributed by atoms with Crippen molar-refractivity contribution >= 4 is 27.5 Å². The summed E-state index contributed by atoms with van der Waals surface area (Å²) in [5, 5.41) is 2.41. The number of anilines is 1. The molecule has 1 N–H and O–H groups in total. The van der Waals surface area contributed by atoms with Gasteiger partial charge in [0.25, 0.3) is 0 Å². The van der Waals surface area contributed by atoms with Crippen molar-refractivity contribution in [2.75, 3.05) is 12.1 Å². The first kappa shape index (κ1) is 18.6. The van der Waals surface area contributed by atoms with E-state index in [0.29, 0.717) is 30.0 Å². The van der Waals surface area contributed by atoms with Crippen molar-refractivity contribution in [3.05, 3.63) is 54.1 Å². The van der Waals surface area contributed by atoms with Gasteiger partial charge in [0.05, 0.1) is 10.1 Å². The molecule has 4 rings (SSSR count). The molecule has 0 aromatic heterocycles. The fourth-order valence-corrected chi connectivity index (χ4v) is 5.41. The number of rotatable bonds is 5. The van der Waals surface area contributed by atoms with Gasteiger partial charge in [-0.2, -0.15) is 0 Å². The van der Waals surface area contributed by atoms with Gasteiger partial charge in [0, 0.05) is 11.8 Å². The smallest absolute Gasteiger partial charge is 0.248 e. The molecule has 28 heavy (non-hydrogen) atoms. The molecule has 1 saturated carbocycles. The second-order valence-electron chi connectivity index (χ2n) is 6.91. The zero-order chi connectivity index (χ0) is 19.6. The lowest BCUT2D eigenvalue weighted by Gasteiger charge is -2.12. The van der Waals surface area contributed by atoms with Crippen LogP contribution in [0, 0.1) is 0 Å². The van der Waals surface area contributed by atoms with E-state index in [1.165, 1.54) is 12.1 Å². The zero-order valence-corrected chi connectivity index (χ0v) is 16.1. The molecule has 1 aliphatic carbocycles. The molecule has 2 aromatic rings. The van der Waals surface area contributed by atoms with Crippen LogP contribution >= 0.6 is 0 Å². The highest BCUT2D eigenvalue weighted by Crippen LogP contribution is 2.33. The zero-order valence-electron chi connectivity index (χ0n) is 15.3. The van der Waals surface area contributed by atoms with Crippen molar-refractivity contribution in [1.29, 1.82) is 0 Å². The van der Waals surface area contributed by atoms with E-state index in [-0.39, 0.29) is 22.8 Å². The van der Waals surface area contributed by atoms with E-state index in [0.717, 1.165) is 18.4 Å². The monoisotopic (exact) mass is 399 g/mol. The van der Waals surface area contributed by atoms with Gasteiger partial charge < -0.3 is 14.8 Å². The average Bonchev–Trinajstić information content (AvgIpc) is 3.38. The maximum absolute atomic E-state index is 12.7. The molecule has 0 atom stereocenters. The third-order valence-electron chi connectivity index (χ3n) is 4.99. The summed E-state index contributed by atoms with van der Waals surface area (Å²) >= 11 is 0. The molecule has 146 valence electrons. The van der Waals surface area contributed by atoms with Crippen LogP contribution in [0.25, 0.3) is 6.08 Å². The number of ether oxygens (including phenoxy) is 2. The highest BCUT2D eigenvalue weighted by molar-refractivity contribution is 7.92. The lowest BCUT2D eigenvalue weighted by atomic mass is 10.2. The van der Waals surface area contributed by atoms with Gasteiger partial charge in [0.2, 0.25) is 12.7 Å². The van der Waals surface area contributed by atoms with Gasteiger partial charge in [0.15, 0.2) is 21.3 Å². The Morgan fingerprint density at radius 2 is 1.82 bits per heavy atom. The number of sulfone groups is 1. The molecule has 1 amide bonds. The molecule has 2 aliphatic rings. The summed E-state index contributed by atoms with van der Waals surface area (Å²) in [5.74, 6) is 0.988. The van der Waals surface area contributed by atoms with Gasteiger partial charge in [0.1, 0.15) is 0 Å². The molecule has 7 heteroatoms. The maximum atomic E-state index is 12.7. The quantitative estimate of drug-likeness (QED) is 0.774. The summed E-state index contributed by atoms with van der Waals surface area (Å²) in [4.78, 5) is 12.5. The number of amides is 1. The Kier molecular flexibility index (Phi) is 5.09. The summed E-state index contributed by atoms with van der Waals surface area (Å²) in [7, 11) is -3.35. The lowest BCUT2D eigenvalue weighted by Crippen LogP contribution is -2.18. The first-order chi connectivity index (χ1) is 13.5. The molecule has 2 aromatic carbocycles. The minimum absolute atomic E-state index is 0.198. The van der Waals surface area contributed by atoms with E-state index in [9.17, 15) is 13.2 Å². The van der Waals surface area contributed by atoms with Crippen LogP contribution in [-0.2, 0) is 14.6 Å². The van der Waals surface area contributed by atoms with Crippen molar-refractivity contribution in [2.45, 2.75) is 35.8 Å². The van der Waals surface area contributed by atoms with E-state index < -0.39 is 9.84 Å². The Morgan fingerprint density at radius 1 is 1.04 bits per heavy atom. The van der Waals surface area contributed by atoms with Crippen LogP contribution in [-0.4, -0.2) is 26.4 Å². The van der Waals surface area contributed by atoms with Crippen molar-refractivity contribution < 1.29 is 22.7 Å². The standard InChI is InChI=1S/C21H21NO5S/c23-21(11-9-15-8-10-19-20(12-15)27-14-26-19)22-16-4-3-7-18(13-16)28(24,25)17-5-1-2-6-17/h3-4,7-13,17H,1-2,5-6,14H2,(H,22,23)/b11-9+. The second kappa shape index (κ2) is 7.67. The van der Waals surface area contributed by atoms with E-state index in [1.807, 2.05) is 6.07 Å². The highest BCUT2D eigenvalue weighted by atomic mass is 32.2. The summed E-state index contributed by atoms with van der Waals surface area (Å²) in [6.45, 7) is 0.198. The van der Waals surface area contributed by atoms with E-state index in [2.05, 4.69) is 5.32 Å². The first-order valence-corrected chi connectivity index (χ1v) is 10.8. The molecule has 6 nitrogen and oxygen atoms in total. The number of hydrogen-bond donors (Lipinski definition) is 1. The Hall–Kier alpha value is -2.80. The molecule has 0 bridgehead atoms. The van der Waals surface area contributed by atoms with E-state index in [4.69, 9.17) is 9.47 Å². The van der Waals surface area contributed by atoms with Gasteiger partial charge in [-0.3, -0.25) is 4.79 Å². The van der Waals surface area contributed by atoms with Gasteiger partial charge in [-0.05, 0) is 54.8 Å². The van der Waals surface area contributed by atoms with Gasteiger partial charge in [-0.25, -0.2) is 8.42 Å². The Balaban J connectivity index is 1.44. The number of carbonyl (C=O) groups excluding carboxylic acids is 1. The molecule has 1 fully saturated rings. The number of nitrogens with one attached hydrogen (secondary N) is 1. The summed E-state index contributed by atoms with van der Waals surface area (Å²) in [5.41, 5.74) is 1.26. The molecule has 0 saturated heterocycles. The predicted octanol–water partition coefficient (Wildman–Crippen LogP) is 3.78. The Morgan fingerprint density at radius 3 is 2.64 bits per heavy atom.